The summed E-state index contributed by atoms with van der Waals surface area (Å²) in [5.41, 5.74) is 3.16. The second-order valence-corrected chi connectivity index (χ2v) is 8.78. The van der Waals surface area contributed by atoms with Crippen molar-refractivity contribution in [3.8, 4) is 11.3 Å². The van der Waals surface area contributed by atoms with Gasteiger partial charge in [0.2, 0.25) is 0 Å². The van der Waals surface area contributed by atoms with Crippen LogP contribution in [0.25, 0.3) is 26.6 Å². The van der Waals surface area contributed by atoms with Crippen molar-refractivity contribution < 1.29 is 9.59 Å². The van der Waals surface area contributed by atoms with Crippen molar-refractivity contribution in [1.29, 1.82) is 0 Å². The van der Waals surface area contributed by atoms with Gasteiger partial charge in [0.1, 0.15) is 10.3 Å². The Labute approximate surface area is 196 Å². The number of Topliss-reactive ketones (excluding diaryl/α,β-unsaturated/α-hetero) is 1. The average Bonchev–Trinajstić information content (AvgIpc) is 3.41. The predicted octanol–water partition coefficient (Wildman–Crippen LogP) is 4.06. The number of hydrogen-bond donors (Lipinski definition) is 1. The number of fused-ring (bicyclic) bond motifs is 3. The molecule has 0 radical (unpaired) electrons. The van der Waals surface area contributed by atoms with E-state index in [1.807, 2.05) is 22.7 Å². The first-order chi connectivity index (χ1) is 16.0. The molecule has 0 fully saturated rings. The van der Waals surface area contributed by atoms with E-state index in [1.54, 1.807) is 25.4 Å². The Hall–Kier alpha value is -3.17. The first-order valence-electron chi connectivity index (χ1n) is 11.3. The average molecular weight is 465 g/mol. The number of thiazole rings is 1. The number of nitrogens with one attached hydrogen (secondary N) is 1. The quantitative estimate of drug-likeness (QED) is 0.281. The molecule has 1 N–H and O–H groups in total. The van der Waals surface area contributed by atoms with E-state index >= 15 is 0 Å². The number of carbonyl (C=O) groups excluding carboxylic acids is 2. The lowest BCUT2D eigenvalue weighted by molar-refractivity contribution is 0.0957. The highest BCUT2D eigenvalue weighted by Crippen LogP contribution is 2.28. The molecular formula is C24H28N6O2S. The lowest BCUT2D eigenvalue weighted by Crippen LogP contribution is -2.24. The minimum absolute atomic E-state index is 0.0145. The van der Waals surface area contributed by atoms with Crippen LogP contribution in [-0.2, 0) is 0 Å². The maximum Gasteiger partial charge on any atom is 0.251 e. The van der Waals surface area contributed by atoms with Crippen LogP contribution in [0.15, 0.2) is 36.7 Å². The Balaban J connectivity index is 1.47. The summed E-state index contributed by atoms with van der Waals surface area (Å²) in [6.45, 7) is 7.39. The highest BCUT2D eigenvalue weighted by molar-refractivity contribution is 7.23. The second kappa shape index (κ2) is 10.2. The van der Waals surface area contributed by atoms with Crippen molar-refractivity contribution in [3.63, 3.8) is 0 Å². The normalized spacial score (nSPS) is 11.5. The highest BCUT2D eigenvalue weighted by Gasteiger charge is 2.16. The van der Waals surface area contributed by atoms with E-state index in [-0.39, 0.29) is 17.5 Å². The summed E-state index contributed by atoms with van der Waals surface area (Å²) < 4.78 is 1.94. The van der Waals surface area contributed by atoms with Gasteiger partial charge in [-0.15, -0.1) is 0 Å². The Morgan fingerprint density at radius 3 is 2.55 bits per heavy atom. The molecule has 0 aliphatic carbocycles. The van der Waals surface area contributed by atoms with Crippen LogP contribution in [0.2, 0.25) is 0 Å². The van der Waals surface area contributed by atoms with Crippen molar-refractivity contribution >= 4 is 38.3 Å². The van der Waals surface area contributed by atoms with Crippen LogP contribution in [-0.4, -0.2) is 62.6 Å². The van der Waals surface area contributed by atoms with E-state index in [2.05, 4.69) is 34.0 Å². The van der Waals surface area contributed by atoms with Gasteiger partial charge in [-0.25, -0.2) is 15.0 Å². The number of imidazole rings is 1. The van der Waals surface area contributed by atoms with E-state index in [1.165, 1.54) is 11.3 Å². The SMILES string of the molecule is CCN(CC)CCCCC(=O)c1ncc2c(n1)sc1nc(-c3ccc(C(=O)NC)cc3)cn12. The third-order valence-electron chi connectivity index (χ3n) is 5.80. The largest absolute Gasteiger partial charge is 0.355 e. The number of ketones is 1. The van der Waals surface area contributed by atoms with Crippen LogP contribution in [0.5, 0.6) is 0 Å². The Kier molecular flexibility index (Phi) is 7.10. The molecule has 3 heterocycles. The number of unbranched alkanes of at least 4 members (excludes halogenated alkanes) is 1. The van der Waals surface area contributed by atoms with Gasteiger partial charge in [0.05, 0.1) is 11.9 Å². The van der Waals surface area contributed by atoms with Crippen molar-refractivity contribution in [1.82, 2.24) is 29.6 Å². The number of aromatic nitrogens is 4. The van der Waals surface area contributed by atoms with Gasteiger partial charge >= 0.3 is 0 Å². The summed E-state index contributed by atoms with van der Waals surface area (Å²) >= 11 is 1.44. The standard InChI is InChI=1S/C24H28N6O2S/c1-4-29(5-2)13-7-6-8-20(31)21-26-14-19-23(28-21)33-24-27-18(15-30(19)24)16-9-11-17(12-10-16)22(32)25-3/h9-12,14-15H,4-8,13H2,1-3H3,(H,25,32). The van der Waals surface area contributed by atoms with Gasteiger partial charge in [-0.05, 0) is 44.6 Å². The molecule has 0 aliphatic heterocycles. The van der Waals surface area contributed by atoms with Crippen LogP contribution in [0.3, 0.4) is 0 Å². The number of amides is 1. The third-order valence-corrected chi connectivity index (χ3v) is 6.76. The number of nitrogens with zero attached hydrogens (tertiary/aromatic N) is 5. The summed E-state index contributed by atoms with van der Waals surface area (Å²) in [6, 6.07) is 7.32. The van der Waals surface area contributed by atoms with Gasteiger partial charge in [0.25, 0.3) is 5.91 Å². The van der Waals surface area contributed by atoms with Gasteiger partial charge in [-0.2, -0.15) is 0 Å². The summed E-state index contributed by atoms with van der Waals surface area (Å²) in [5.74, 6) is 0.143. The third kappa shape index (κ3) is 4.94. The Morgan fingerprint density at radius 1 is 1.09 bits per heavy atom. The van der Waals surface area contributed by atoms with Gasteiger partial charge in [0, 0.05) is 30.8 Å². The summed E-state index contributed by atoms with van der Waals surface area (Å²) in [6.07, 6.45) is 5.93. The molecule has 4 rings (SSSR count). The molecule has 0 bridgehead atoms. The van der Waals surface area contributed by atoms with Crippen LogP contribution < -0.4 is 5.32 Å². The zero-order chi connectivity index (χ0) is 23.4. The topological polar surface area (TPSA) is 92.5 Å². The van der Waals surface area contributed by atoms with Crippen LogP contribution in [0.1, 0.15) is 54.1 Å². The molecule has 0 aliphatic rings. The lowest BCUT2D eigenvalue weighted by atomic mass is 10.1. The molecule has 0 atom stereocenters. The molecule has 0 saturated heterocycles. The van der Waals surface area contributed by atoms with Crippen LogP contribution in [0, 0.1) is 0 Å². The fourth-order valence-electron chi connectivity index (χ4n) is 3.78. The molecule has 33 heavy (non-hydrogen) atoms. The van der Waals surface area contributed by atoms with Gasteiger partial charge < -0.3 is 10.2 Å². The monoisotopic (exact) mass is 464 g/mol. The minimum Gasteiger partial charge on any atom is -0.355 e. The number of rotatable bonds is 10. The van der Waals surface area contributed by atoms with Crippen LogP contribution in [0.4, 0.5) is 0 Å². The molecule has 1 amide bonds. The molecule has 172 valence electrons. The zero-order valence-corrected chi connectivity index (χ0v) is 20.0. The Morgan fingerprint density at radius 2 is 1.85 bits per heavy atom. The molecular weight excluding hydrogens is 436 g/mol. The van der Waals surface area contributed by atoms with Gasteiger partial charge in [-0.1, -0.05) is 37.3 Å². The molecule has 8 nitrogen and oxygen atoms in total. The fourth-order valence-corrected chi connectivity index (χ4v) is 4.73. The van der Waals surface area contributed by atoms with Gasteiger partial charge in [0.15, 0.2) is 16.6 Å². The van der Waals surface area contributed by atoms with Crippen molar-refractivity contribution in [3.05, 3.63) is 48.0 Å². The second-order valence-electron chi connectivity index (χ2n) is 7.83. The molecule has 1 aromatic carbocycles. The lowest BCUT2D eigenvalue weighted by Gasteiger charge is -2.17. The molecule has 4 aromatic rings. The highest BCUT2D eigenvalue weighted by atomic mass is 32.1. The van der Waals surface area contributed by atoms with E-state index in [4.69, 9.17) is 4.98 Å². The number of carbonyl (C=O) groups is 2. The maximum atomic E-state index is 12.6. The first-order valence-corrected chi connectivity index (χ1v) is 12.1. The fraction of sp³-hybridized carbons (Fsp3) is 0.375. The van der Waals surface area contributed by atoms with Crippen molar-refractivity contribution in [2.45, 2.75) is 33.1 Å². The van der Waals surface area contributed by atoms with Crippen LogP contribution >= 0.6 is 11.3 Å². The predicted molar refractivity (Wildman–Crippen MR) is 131 cm³/mol. The zero-order valence-electron chi connectivity index (χ0n) is 19.2. The van der Waals surface area contributed by atoms with Gasteiger partial charge in [-0.3, -0.25) is 14.0 Å². The smallest absolute Gasteiger partial charge is 0.251 e. The number of benzene rings is 1. The summed E-state index contributed by atoms with van der Waals surface area (Å²) in [4.78, 5) is 41.8. The molecule has 0 unspecified atom stereocenters. The number of hydrogen-bond acceptors (Lipinski definition) is 7. The maximum absolute atomic E-state index is 12.6. The van der Waals surface area contributed by atoms with E-state index in [0.717, 1.165) is 59.0 Å². The molecule has 9 heteroatoms. The van der Waals surface area contributed by atoms with Crippen molar-refractivity contribution in [2.24, 2.45) is 0 Å². The molecule has 3 aromatic heterocycles. The summed E-state index contributed by atoms with van der Waals surface area (Å²) in [5, 5.41) is 2.62. The van der Waals surface area contributed by atoms with E-state index in [0.29, 0.717) is 12.0 Å². The Bertz CT molecular complexity index is 1270. The minimum atomic E-state index is -0.121. The van der Waals surface area contributed by atoms with Crippen molar-refractivity contribution in [2.75, 3.05) is 26.7 Å². The first kappa shape index (κ1) is 23.0. The summed E-state index contributed by atoms with van der Waals surface area (Å²) in [7, 11) is 1.61. The van der Waals surface area contributed by atoms with E-state index in [9.17, 15) is 9.59 Å². The molecule has 0 spiro atoms. The van der Waals surface area contributed by atoms with E-state index < -0.39 is 0 Å². The molecule has 0 saturated carbocycles.